The standard InChI is InChI=1S/C13H9N5O4/c14-12-11-10(7-1-3-8(4-2-7)18(21)22)9(13(19)20)5-17(11)6-15-16-12/h1-6H,(H2,14,16)(H,19,20). The number of nitro benzene ring substituents is 1. The van der Waals surface area contributed by atoms with Gasteiger partial charge in [-0.25, -0.2) is 4.79 Å². The van der Waals surface area contributed by atoms with E-state index in [1.807, 2.05) is 0 Å². The molecule has 3 rings (SSSR count). The summed E-state index contributed by atoms with van der Waals surface area (Å²) in [4.78, 5) is 21.6. The predicted octanol–water partition coefficient (Wildman–Crippen LogP) is 1.58. The number of anilines is 1. The highest BCUT2D eigenvalue weighted by atomic mass is 16.6. The van der Waals surface area contributed by atoms with Gasteiger partial charge < -0.3 is 15.2 Å². The molecule has 0 fully saturated rings. The maximum atomic E-state index is 11.4. The molecule has 2 aromatic heterocycles. The predicted molar refractivity (Wildman–Crippen MR) is 76.4 cm³/mol. The van der Waals surface area contributed by atoms with Crippen LogP contribution in [0.1, 0.15) is 10.4 Å². The molecule has 0 aliphatic carbocycles. The molecule has 3 aromatic rings. The Balaban J connectivity index is 2.30. The maximum absolute atomic E-state index is 11.4. The molecule has 0 saturated heterocycles. The number of benzene rings is 1. The van der Waals surface area contributed by atoms with Crippen molar-refractivity contribution in [1.29, 1.82) is 0 Å². The fourth-order valence-corrected chi connectivity index (χ4v) is 2.27. The molecule has 3 N–H and O–H groups in total. The lowest BCUT2D eigenvalue weighted by molar-refractivity contribution is -0.384. The maximum Gasteiger partial charge on any atom is 0.337 e. The summed E-state index contributed by atoms with van der Waals surface area (Å²) in [7, 11) is 0. The van der Waals surface area contributed by atoms with Gasteiger partial charge in [0.2, 0.25) is 0 Å². The zero-order valence-corrected chi connectivity index (χ0v) is 11.0. The number of carbonyl (C=O) groups is 1. The van der Waals surface area contributed by atoms with Crippen molar-refractivity contribution in [2.75, 3.05) is 5.73 Å². The van der Waals surface area contributed by atoms with Gasteiger partial charge in [0.05, 0.1) is 16.0 Å². The number of aromatic carboxylic acids is 1. The Hall–Kier alpha value is -3.49. The molecule has 1 aromatic carbocycles. The zero-order valence-electron chi connectivity index (χ0n) is 11.0. The normalized spacial score (nSPS) is 10.7. The van der Waals surface area contributed by atoms with E-state index in [4.69, 9.17) is 5.73 Å². The Morgan fingerprint density at radius 2 is 2.00 bits per heavy atom. The Morgan fingerprint density at radius 3 is 2.59 bits per heavy atom. The minimum Gasteiger partial charge on any atom is -0.478 e. The molecule has 0 amide bonds. The van der Waals surface area contributed by atoms with Gasteiger partial charge in [-0.15, -0.1) is 10.2 Å². The first-order valence-electron chi connectivity index (χ1n) is 6.09. The third-order valence-corrected chi connectivity index (χ3v) is 3.21. The van der Waals surface area contributed by atoms with E-state index in [2.05, 4.69) is 10.2 Å². The summed E-state index contributed by atoms with van der Waals surface area (Å²) in [5, 5.41) is 27.4. The van der Waals surface area contributed by atoms with Gasteiger partial charge in [0.15, 0.2) is 5.82 Å². The van der Waals surface area contributed by atoms with Crippen LogP contribution in [-0.2, 0) is 0 Å². The highest BCUT2D eigenvalue weighted by Gasteiger charge is 2.21. The average Bonchev–Trinajstić information content (AvgIpc) is 2.88. The smallest absolute Gasteiger partial charge is 0.337 e. The molecule has 110 valence electrons. The van der Waals surface area contributed by atoms with Gasteiger partial charge in [-0.3, -0.25) is 10.1 Å². The Labute approximate surface area is 122 Å². The van der Waals surface area contributed by atoms with Crippen LogP contribution >= 0.6 is 0 Å². The van der Waals surface area contributed by atoms with Crippen molar-refractivity contribution < 1.29 is 14.8 Å². The highest BCUT2D eigenvalue weighted by molar-refractivity contribution is 6.04. The molecule has 0 atom stereocenters. The van der Waals surface area contributed by atoms with E-state index in [9.17, 15) is 20.0 Å². The number of non-ortho nitro benzene ring substituents is 1. The van der Waals surface area contributed by atoms with Crippen LogP contribution in [-0.4, -0.2) is 30.6 Å². The Bertz CT molecular complexity index is 901. The van der Waals surface area contributed by atoms with Gasteiger partial charge in [0.1, 0.15) is 6.33 Å². The lowest BCUT2D eigenvalue weighted by atomic mass is 10.0. The molecule has 0 bridgehead atoms. The van der Waals surface area contributed by atoms with Crippen LogP contribution in [0.3, 0.4) is 0 Å². The van der Waals surface area contributed by atoms with Crippen LogP contribution in [0.25, 0.3) is 16.6 Å². The summed E-state index contributed by atoms with van der Waals surface area (Å²) in [6.07, 6.45) is 2.71. The molecule has 9 heteroatoms. The van der Waals surface area contributed by atoms with E-state index < -0.39 is 10.9 Å². The van der Waals surface area contributed by atoms with Crippen LogP contribution in [0.4, 0.5) is 11.5 Å². The van der Waals surface area contributed by atoms with Crippen molar-refractivity contribution in [2.45, 2.75) is 0 Å². The molecule has 9 nitrogen and oxygen atoms in total. The zero-order chi connectivity index (χ0) is 15.9. The molecule has 22 heavy (non-hydrogen) atoms. The monoisotopic (exact) mass is 299 g/mol. The third-order valence-electron chi connectivity index (χ3n) is 3.21. The molecule has 0 radical (unpaired) electrons. The molecule has 0 spiro atoms. The van der Waals surface area contributed by atoms with Crippen LogP contribution < -0.4 is 5.73 Å². The third kappa shape index (κ3) is 2.00. The van der Waals surface area contributed by atoms with E-state index in [1.165, 1.54) is 41.2 Å². The van der Waals surface area contributed by atoms with Gasteiger partial charge >= 0.3 is 5.97 Å². The molecule has 0 aliphatic heterocycles. The number of rotatable bonds is 3. The number of nitro groups is 1. The second-order valence-electron chi connectivity index (χ2n) is 4.50. The van der Waals surface area contributed by atoms with E-state index >= 15 is 0 Å². The van der Waals surface area contributed by atoms with Crippen LogP contribution in [0.2, 0.25) is 0 Å². The second kappa shape index (κ2) is 4.81. The second-order valence-corrected chi connectivity index (χ2v) is 4.50. The SMILES string of the molecule is Nc1nncn2cc(C(=O)O)c(-c3ccc([N+](=O)[O-])cc3)c12. The molecule has 2 heterocycles. The first kappa shape index (κ1) is 13.5. The van der Waals surface area contributed by atoms with Crippen LogP contribution in [0, 0.1) is 10.1 Å². The largest absolute Gasteiger partial charge is 0.478 e. The minimum absolute atomic E-state index is 0.00959. The average molecular weight is 299 g/mol. The van der Waals surface area contributed by atoms with Crippen molar-refractivity contribution in [3.8, 4) is 11.1 Å². The van der Waals surface area contributed by atoms with Gasteiger partial charge in [-0.2, -0.15) is 0 Å². The summed E-state index contributed by atoms with van der Waals surface area (Å²) >= 11 is 0. The minimum atomic E-state index is -1.14. The number of nitrogen functional groups attached to an aromatic ring is 1. The highest BCUT2D eigenvalue weighted by Crippen LogP contribution is 2.33. The van der Waals surface area contributed by atoms with E-state index in [1.54, 1.807) is 0 Å². The van der Waals surface area contributed by atoms with Crippen molar-refractivity contribution in [3.05, 3.63) is 52.5 Å². The number of aromatic nitrogens is 3. The summed E-state index contributed by atoms with van der Waals surface area (Å²) < 4.78 is 1.46. The lowest BCUT2D eigenvalue weighted by Gasteiger charge is -2.04. The molecular weight excluding hydrogens is 290 g/mol. The number of fused-ring (bicyclic) bond motifs is 1. The number of hydrogen-bond donors (Lipinski definition) is 2. The lowest BCUT2D eigenvalue weighted by Crippen LogP contribution is -1.99. The Morgan fingerprint density at radius 1 is 1.32 bits per heavy atom. The van der Waals surface area contributed by atoms with Crippen molar-refractivity contribution in [2.24, 2.45) is 0 Å². The van der Waals surface area contributed by atoms with Crippen molar-refractivity contribution >= 4 is 23.0 Å². The Kier molecular flexibility index (Phi) is 2.95. The fraction of sp³-hybridized carbons (Fsp3) is 0. The summed E-state index contributed by atoms with van der Waals surface area (Å²) in [6, 6.07) is 5.55. The van der Waals surface area contributed by atoms with Crippen molar-refractivity contribution in [1.82, 2.24) is 14.6 Å². The number of hydrogen-bond acceptors (Lipinski definition) is 6. The van der Waals surface area contributed by atoms with Gasteiger partial charge in [0.25, 0.3) is 5.69 Å². The summed E-state index contributed by atoms with van der Waals surface area (Å²) in [5.74, 6) is -1.07. The van der Waals surface area contributed by atoms with Crippen LogP contribution in [0.15, 0.2) is 36.8 Å². The van der Waals surface area contributed by atoms with E-state index in [0.717, 1.165) is 0 Å². The number of carboxylic acids is 1. The van der Waals surface area contributed by atoms with E-state index in [0.29, 0.717) is 16.6 Å². The first-order chi connectivity index (χ1) is 10.5. The number of carboxylic acid groups (broad SMARTS) is 1. The number of nitrogens with zero attached hydrogens (tertiary/aromatic N) is 4. The molecule has 0 saturated carbocycles. The summed E-state index contributed by atoms with van der Waals surface area (Å²) in [6.45, 7) is 0. The quantitative estimate of drug-likeness (QED) is 0.553. The molecular formula is C13H9N5O4. The summed E-state index contributed by atoms with van der Waals surface area (Å²) in [5.41, 5.74) is 6.94. The van der Waals surface area contributed by atoms with Gasteiger partial charge in [0, 0.05) is 23.9 Å². The van der Waals surface area contributed by atoms with Crippen molar-refractivity contribution in [3.63, 3.8) is 0 Å². The first-order valence-corrected chi connectivity index (χ1v) is 6.09. The topological polar surface area (TPSA) is 137 Å². The number of nitrogens with two attached hydrogens (primary N) is 1. The van der Waals surface area contributed by atoms with Gasteiger partial charge in [-0.1, -0.05) is 0 Å². The van der Waals surface area contributed by atoms with Crippen LogP contribution in [0.5, 0.6) is 0 Å². The van der Waals surface area contributed by atoms with E-state index in [-0.39, 0.29) is 17.1 Å². The molecule has 0 unspecified atom stereocenters. The molecule has 0 aliphatic rings. The fourth-order valence-electron chi connectivity index (χ4n) is 2.27. The van der Waals surface area contributed by atoms with Gasteiger partial charge in [-0.05, 0) is 17.7 Å².